The number of benzene rings is 3. The Kier molecular flexibility index (Phi) is 7.97. The number of hydrogen-bond donors (Lipinski definition) is 2. The van der Waals surface area contributed by atoms with Crippen molar-refractivity contribution in [3.8, 4) is 0 Å². The molecule has 220 valence electrons. The normalized spacial score (nSPS) is 24.0. The molecule has 3 aromatic rings. The molecular formula is C34H36F3N3O2. The minimum atomic E-state index is -1.05. The van der Waals surface area contributed by atoms with Crippen LogP contribution in [0, 0.1) is 36.2 Å². The highest BCUT2D eigenvalue weighted by molar-refractivity contribution is 5.98. The summed E-state index contributed by atoms with van der Waals surface area (Å²) in [7, 11) is 0. The Bertz CT molecular complexity index is 1450. The maximum atomic E-state index is 15.2. The van der Waals surface area contributed by atoms with Crippen molar-refractivity contribution in [1.82, 2.24) is 4.90 Å². The van der Waals surface area contributed by atoms with E-state index in [4.69, 9.17) is 0 Å². The number of likely N-dealkylation sites (tertiary alicyclic amines) is 1. The van der Waals surface area contributed by atoms with E-state index in [1.807, 2.05) is 24.3 Å². The zero-order valence-corrected chi connectivity index (χ0v) is 23.7. The molecule has 3 aromatic carbocycles. The van der Waals surface area contributed by atoms with Gasteiger partial charge in [0.25, 0.3) is 5.91 Å². The number of aryl methyl sites for hydroxylation is 1. The van der Waals surface area contributed by atoms with Crippen molar-refractivity contribution < 1.29 is 22.8 Å². The van der Waals surface area contributed by atoms with E-state index < -0.39 is 35.3 Å². The number of nitrogens with zero attached hydrogens (tertiary/aromatic N) is 1. The van der Waals surface area contributed by atoms with Crippen LogP contribution in [0.2, 0.25) is 0 Å². The van der Waals surface area contributed by atoms with Gasteiger partial charge in [0.05, 0.1) is 17.5 Å². The number of hydrogen-bond acceptors (Lipinski definition) is 3. The van der Waals surface area contributed by atoms with Gasteiger partial charge in [0.1, 0.15) is 5.82 Å². The Balaban J connectivity index is 1.39. The van der Waals surface area contributed by atoms with Gasteiger partial charge >= 0.3 is 0 Å². The van der Waals surface area contributed by atoms with E-state index in [0.717, 1.165) is 55.5 Å². The molecule has 6 rings (SSSR count). The third-order valence-electron chi connectivity index (χ3n) is 9.39. The molecule has 1 saturated heterocycles. The molecule has 0 aromatic heterocycles. The van der Waals surface area contributed by atoms with Crippen LogP contribution in [0.3, 0.4) is 0 Å². The zero-order chi connectivity index (χ0) is 29.4. The summed E-state index contributed by atoms with van der Waals surface area (Å²) in [6.45, 7) is 1.72. The lowest BCUT2D eigenvalue weighted by Gasteiger charge is -2.48. The molecule has 4 atom stereocenters. The number of anilines is 2. The molecule has 2 amide bonds. The van der Waals surface area contributed by atoms with Gasteiger partial charge in [-0.3, -0.25) is 9.59 Å². The van der Waals surface area contributed by atoms with Crippen LogP contribution in [-0.4, -0.2) is 28.8 Å². The van der Waals surface area contributed by atoms with Crippen molar-refractivity contribution in [1.29, 1.82) is 0 Å². The first-order valence-electron chi connectivity index (χ1n) is 15.0. The Morgan fingerprint density at radius 3 is 2.26 bits per heavy atom. The van der Waals surface area contributed by atoms with Crippen LogP contribution in [-0.2, 0) is 4.79 Å². The monoisotopic (exact) mass is 575 g/mol. The number of amides is 2. The molecule has 0 spiro atoms. The largest absolute Gasteiger partial charge is 0.382 e. The van der Waals surface area contributed by atoms with E-state index in [1.54, 1.807) is 24.0 Å². The Hall–Kier alpha value is -3.81. The molecule has 42 heavy (non-hydrogen) atoms. The summed E-state index contributed by atoms with van der Waals surface area (Å²) >= 11 is 0. The predicted octanol–water partition coefficient (Wildman–Crippen LogP) is 7.78. The molecule has 2 N–H and O–H groups in total. The van der Waals surface area contributed by atoms with Gasteiger partial charge in [-0.2, -0.15) is 0 Å². The summed E-state index contributed by atoms with van der Waals surface area (Å²) in [6.07, 6.45) is 7.75. The first-order valence-corrected chi connectivity index (χ1v) is 15.0. The third kappa shape index (κ3) is 5.51. The Morgan fingerprint density at radius 2 is 1.55 bits per heavy atom. The van der Waals surface area contributed by atoms with Crippen molar-refractivity contribution in [3.05, 3.63) is 94.8 Å². The van der Waals surface area contributed by atoms with Gasteiger partial charge in [0.2, 0.25) is 5.91 Å². The van der Waals surface area contributed by atoms with Crippen molar-refractivity contribution >= 4 is 23.2 Å². The average molecular weight is 576 g/mol. The van der Waals surface area contributed by atoms with E-state index in [2.05, 4.69) is 10.6 Å². The van der Waals surface area contributed by atoms with Crippen LogP contribution in [0.5, 0.6) is 0 Å². The number of carbonyl (C=O) groups excluding carboxylic acids is 2. The Morgan fingerprint density at radius 1 is 0.810 bits per heavy atom. The molecular weight excluding hydrogens is 539 g/mol. The SMILES string of the molecule is Cc1cccc(F)c1C(=O)N1[C@@H]2CCC[C@@H]2C[C@H](C(=O)Nc2ccc(F)c(F)c2)[C@@H]1c1ccc(NC2CCCC2)cc1. The van der Waals surface area contributed by atoms with Crippen LogP contribution in [0.1, 0.15) is 78.9 Å². The molecule has 1 heterocycles. The zero-order valence-electron chi connectivity index (χ0n) is 23.7. The molecule has 3 fully saturated rings. The fourth-order valence-electron chi connectivity index (χ4n) is 7.36. The lowest BCUT2D eigenvalue weighted by atomic mass is 9.76. The van der Waals surface area contributed by atoms with Gasteiger partial charge in [0, 0.05) is 29.5 Å². The van der Waals surface area contributed by atoms with E-state index in [9.17, 15) is 18.4 Å². The fraction of sp³-hybridized carbons (Fsp3) is 0.412. The van der Waals surface area contributed by atoms with Gasteiger partial charge in [-0.25, -0.2) is 13.2 Å². The standard InChI is InChI=1S/C34H36F3N3O2/c1-20-6-4-10-28(36)31(20)34(42)40-30-11-5-7-22(30)18-26(33(41)39-25-16-17-27(35)29(37)19-25)32(40)21-12-14-24(15-13-21)38-23-8-2-3-9-23/h4,6,10,12-17,19,22-23,26,30,32,38H,2-3,5,7-9,11,18H2,1H3,(H,39,41)/t22-,26+,30-,32+/m1/s1. The summed E-state index contributed by atoms with van der Waals surface area (Å²) in [6, 6.07) is 15.3. The van der Waals surface area contributed by atoms with Crippen molar-refractivity contribution in [2.75, 3.05) is 10.6 Å². The lowest BCUT2D eigenvalue weighted by Crippen LogP contribution is -2.54. The molecule has 0 bridgehead atoms. The minimum absolute atomic E-state index is 0.0225. The third-order valence-corrected chi connectivity index (χ3v) is 9.39. The van der Waals surface area contributed by atoms with Crippen molar-refractivity contribution in [2.45, 2.75) is 76.4 Å². The minimum Gasteiger partial charge on any atom is -0.382 e. The summed E-state index contributed by atoms with van der Waals surface area (Å²) < 4.78 is 42.8. The molecule has 2 saturated carbocycles. The number of halogens is 3. The van der Waals surface area contributed by atoms with Crippen molar-refractivity contribution in [2.24, 2.45) is 11.8 Å². The van der Waals surface area contributed by atoms with E-state index in [0.29, 0.717) is 18.0 Å². The van der Waals surface area contributed by atoms with E-state index in [-0.39, 0.29) is 29.1 Å². The summed E-state index contributed by atoms with van der Waals surface area (Å²) in [4.78, 5) is 30.0. The number of piperidine rings is 1. The molecule has 8 heteroatoms. The molecule has 0 radical (unpaired) electrons. The lowest BCUT2D eigenvalue weighted by molar-refractivity contribution is -0.125. The van der Waals surface area contributed by atoms with Crippen LogP contribution in [0.25, 0.3) is 0 Å². The van der Waals surface area contributed by atoms with Gasteiger partial charge in [0.15, 0.2) is 11.6 Å². The second kappa shape index (κ2) is 11.8. The molecule has 2 aliphatic carbocycles. The van der Waals surface area contributed by atoms with Gasteiger partial charge in [-0.1, -0.05) is 43.5 Å². The smallest absolute Gasteiger partial charge is 0.257 e. The second-order valence-electron chi connectivity index (χ2n) is 12.1. The van der Waals surface area contributed by atoms with Gasteiger partial charge in [-0.05, 0) is 86.4 Å². The van der Waals surface area contributed by atoms with Crippen LogP contribution >= 0.6 is 0 Å². The topological polar surface area (TPSA) is 61.4 Å². The number of carbonyl (C=O) groups is 2. The predicted molar refractivity (Wildman–Crippen MR) is 157 cm³/mol. The maximum Gasteiger partial charge on any atom is 0.257 e. The molecule has 1 aliphatic heterocycles. The van der Waals surface area contributed by atoms with Gasteiger partial charge in [-0.15, -0.1) is 0 Å². The van der Waals surface area contributed by atoms with Crippen LogP contribution in [0.4, 0.5) is 24.5 Å². The van der Waals surface area contributed by atoms with Crippen LogP contribution < -0.4 is 10.6 Å². The molecule has 5 nitrogen and oxygen atoms in total. The van der Waals surface area contributed by atoms with E-state index >= 15 is 4.39 Å². The average Bonchev–Trinajstić information content (AvgIpc) is 3.66. The summed E-state index contributed by atoms with van der Waals surface area (Å²) in [5, 5.41) is 6.35. The second-order valence-corrected chi connectivity index (χ2v) is 12.1. The van der Waals surface area contributed by atoms with Crippen LogP contribution in [0.15, 0.2) is 60.7 Å². The highest BCUT2D eigenvalue weighted by Crippen LogP contribution is 2.49. The summed E-state index contributed by atoms with van der Waals surface area (Å²) in [5.74, 6) is -4.05. The quantitative estimate of drug-likeness (QED) is 0.316. The number of nitrogens with one attached hydrogen (secondary N) is 2. The highest BCUT2D eigenvalue weighted by atomic mass is 19.2. The fourth-order valence-corrected chi connectivity index (χ4v) is 7.36. The first kappa shape index (κ1) is 28.3. The van der Waals surface area contributed by atoms with Gasteiger partial charge < -0.3 is 15.5 Å². The van der Waals surface area contributed by atoms with Crippen molar-refractivity contribution in [3.63, 3.8) is 0 Å². The first-order chi connectivity index (χ1) is 20.3. The highest BCUT2D eigenvalue weighted by Gasteiger charge is 2.50. The molecule has 3 aliphatic rings. The maximum absolute atomic E-state index is 15.2. The molecule has 0 unspecified atom stereocenters. The Labute approximate surface area is 244 Å². The number of fused-ring (bicyclic) bond motifs is 1. The summed E-state index contributed by atoms with van der Waals surface area (Å²) in [5.41, 5.74) is 2.47. The van der Waals surface area contributed by atoms with E-state index in [1.165, 1.54) is 25.0 Å². The number of rotatable bonds is 6.